The zero-order valence-electron chi connectivity index (χ0n) is 14.4. The topological polar surface area (TPSA) is 90.6 Å². The number of aromatic nitrogens is 2. The third kappa shape index (κ3) is 3.93. The number of fused-ring (bicyclic) bond motifs is 1. The highest BCUT2D eigenvalue weighted by atomic mass is 16.3. The van der Waals surface area contributed by atoms with Gasteiger partial charge in [-0.25, -0.2) is 4.79 Å². The molecule has 0 aliphatic heterocycles. The Morgan fingerprint density at radius 1 is 1.40 bits per heavy atom. The molecule has 0 saturated heterocycles. The summed E-state index contributed by atoms with van der Waals surface area (Å²) in [4.78, 5) is 14.1. The van der Waals surface area contributed by atoms with Crippen LogP contribution in [0.4, 0.5) is 4.79 Å². The van der Waals surface area contributed by atoms with Gasteiger partial charge in [0.2, 0.25) is 0 Å². The van der Waals surface area contributed by atoms with Crippen molar-refractivity contribution in [1.29, 1.82) is 0 Å². The highest BCUT2D eigenvalue weighted by molar-refractivity contribution is 5.74. The summed E-state index contributed by atoms with van der Waals surface area (Å²) in [5.74, 6) is 0.213. The van der Waals surface area contributed by atoms with E-state index in [-0.39, 0.29) is 24.4 Å². The molecule has 0 saturated carbocycles. The molecule has 1 aromatic carbocycles. The van der Waals surface area contributed by atoms with Crippen LogP contribution in [0.1, 0.15) is 35.7 Å². The van der Waals surface area contributed by atoms with Crippen LogP contribution in [0.25, 0.3) is 0 Å². The predicted octanol–water partition coefficient (Wildman–Crippen LogP) is 1.80. The van der Waals surface area contributed by atoms with Crippen molar-refractivity contribution in [1.82, 2.24) is 20.0 Å². The summed E-state index contributed by atoms with van der Waals surface area (Å²) in [5, 5.41) is 25.9. The second-order valence-corrected chi connectivity index (χ2v) is 6.41. The van der Waals surface area contributed by atoms with E-state index >= 15 is 0 Å². The summed E-state index contributed by atoms with van der Waals surface area (Å²) in [7, 11) is 1.75. The van der Waals surface area contributed by atoms with Crippen LogP contribution in [0.5, 0.6) is 5.75 Å². The van der Waals surface area contributed by atoms with Gasteiger partial charge in [0.15, 0.2) is 0 Å². The SMILES string of the molecule is CN(Cc1ccc(O)cc1)C(=O)N[C@H]1CCCc2c1cnn2CCO. The maximum absolute atomic E-state index is 12.5. The third-order valence-corrected chi connectivity index (χ3v) is 4.58. The van der Waals surface area contributed by atoms with Crippen molar-refractivity contribution in [3.05, 3.63) is 47.3 Å². The number of phenolic OH excluding ortho intramolecular Hbond substituents is 1. The van der Waals surface area contributed by atoms with Crippen molar-refractivity contribution in [3.63, 3.8) is 0 Å². The largest absolute Gasteiger partial charge is 0.508 e. The molecule has 0 unspecified atom stereocenters. The number of phenols is 1. The molecule has 1 aliphatic rings. The molecule has 25 heavy (non-hydrogen) atoms. The number of carbonyl (C=O) groups excluding carboxylic acids is 1. The molecule has 2 amide bonds. The molecule has 1 aliphatic carbocycles. The number of benzene rings is 1. The van der Waals surface area contributed by atoms with Crippen molar-refractivity contribution in [2.75, 3.05) is 13.7 Å². The van der Waals surface area contributed by atoms with Gasteiger partial charge in [-0.1, -0.05) is 12.1 Å². The van der Waals surface area contributed by atoms with Crippen LogP contribution in [0.3, 0.4) is 0 Å². The fourth-order valence-corrected chi connectivity index (χ4v) is 3.26. The van der Waals surface area contributed by atoms with Gasteiger partial charge in [0.1, 0.15) is 5.75 Å². The highest BCUT2D eigenvalue weighted by Crippen LogP contribution is 2.29. The van der Waals surface area contributed by atoms with Crippen LogP contribution in [0.15, 0.2) is 30.5 Å². The molecule has 0 spiro atoms. The van der Waals surface area contributed by atoms with Crippen molar-refractivity contribution in [3.8, 4) is 5.75 Å². The number of hydrogen-bond acceptors (Lipinski definition) is 4. The molecule has 1 aromatic heterocycles. The molecule has 1 atom stereocenters. The molecular formula is C18H24N4O3. The summed E-state index contributed by atoms with van der Waals surface area (Å²) in [6.07, 6.45) is 4.59. The fraction of sp³-hybridized carbons (Fsp3) is 0.444. The highest BCUT2D eigenvalue weighted by Gasteiger charge is 2.26. The Balaban J connectivity index is 1.64. The van der Waals surface area contributed by atoms with Crippen LogP contribution in [-0.4, -0.2) is 44.6 Å². The number of aliphatic hydroxyl groups is 1. The van der Waals surface area contributed by atoms with E-state index in [1.54, 1.807) is 42.4 Å². The molecule has 7 heteroatoms. The van der Waals surface area contributed by atoms with Gasteiger partial charge < -0.3 is 20.4 Å². The fourth-order valence-electron chi connectivity index (χ4n) is 3.26. The second-order valence-electron chi connectivity index (χ2n) is 6.41. The minimum absolute atomic E-state index is 0.0500. The van der Waals surface area contributed by atoms with Gasteiger partial charge in [0.25, 0.3) is 0 Å². The molecule has 3 N–H and O–H groups in total. The van der Waals surface area contributed by atoms with Crippen LogP contribution < -0.4 is 5.32 Å². The summed E-state index contributed by atoms with van der Waals surface area (Å²) in [6, 6.07) is 6.65. The number of aromatic hydroxyl groups is 1. The van der Waals surface area contributed by atoms with Crippen LogP contribution >= 0.6 is 0 Å². The standard InChI is InChI=1S/C18H24N4O3/c1-21(12-13-5-7-14(24)8-6-13)18(25)20-16-3-2-4-17-15(16)11-19-22(17)9-10-23/h5-8,11,16,23-24H,2-4,9-10,12H2,1H3,(H,20,25)/t16-/m0/s1. The normalized spacial score (nSPS) is 16.3. The molecule has 3 rings (SSSR count). The Bertz CT molecular complexity index is 726. The number of amides is 2. The van der Waals surface area contributed by atoms with E-state index in [9.17, 15) is 9.90 Å². The summed E-state index contributed by atoms with van der Waals surface area (Å²) < 4.78 is 1.83. The smallest absolute Gasteiger partial charge is 0.317 e. The Hall–Kier alpha value is -2.54. The molecule has 2 aromatic rings. The minimum atomic E-state index is -0.138. The first-order valence-corrected chi connectivity index (χ1v) is 8.53. The van der Waals surface area contributed by atoms with E-state index in [0.29, 0.717) is 13.1 Å². The Morgan fingerprint density at radius 3 is 2.88 bits per heavy atom. The predicted molar refractivity (Wildman–Crippen MR) is 93.1 cm³/mol. The molecule has 1 heterocycles. The van der Waals surface area contributed by atoms with Crippen LogP contribution in [0.2, 0.25) is 0 Å². The lowest BCUT2D eigenvalue weighted by molar-refractivity contribution is 0.201. The maximum atomic E-state index is 12.5. The molecule has 0 fully saturated rings. The molecular weight excluding hydrogens is 320 g/mol. The van der Waals surface area contributed by atoms with Gasteiger partial charge in [-0.05, 0) is 37.0 Å². The van der Waals surface area contributed by atoms with Gasteiger partial charge in [-0.3, -0.25) is 4.68 Å². The number of urea groups is 1. The van der Waals surface area contributed by atoms with Crippen LogP contribution in [0, 0.1) is 0 Å². The van der Waals surface area contributed by atoms with Crippen LogP contribution in [-0.2, 0) is 19.5 Å². The number of rotatable bonds is 5. The minimum Gasteiger partial charge on any atom is -0.508 e. The first-order chi connectivity index (χ1) is 12.1. The average molecular weight is 344 g/mol. The molecule has 0 radical (unpaired) electrons. The first-order valence-electron chi connectivity index (χ1n) is 8.53. The average Bonchev–Trinajstić information content (AvgIpc) is 3.01. The third-order valence-electron chi connectivity index (χ3n) is 4.58. The molecule has 7 nitrogen and oxygen atoms in total. The van der Waals surface area contributed by atoms with E-state index in [2.05, 4.69) is 10.4 Å². The van der Waals surface area contributed by atoms with Gasteiger partial charge in [-0.2, -0.15) is 5.10 Å². The zero-order chi connectivity index (χ0) is 17.8. The van der Waals surface area contributed by atoms with E-state index in [1.807, 2.05) is 4.68 Å². The Kier molecular flexibility index (Phi) is 5.23. The molecule has 134 valence electrons. The number of aliphatic hydroxyl groups excluding tert-OH is 1. The van der Waals surface area contributed by atoms with Crippen molar-refractivity contribution in [2.45, 2.75) is 38.4 Å². The van der Waals surface area contributed by atoms with Gasteiger partial charge in [0.05, 0.1) is 25.4 Å². The van der Waals surface area contributed by atoms with E-state index in [0.717, 1.165) is 36.1 Å². The summed E-state index contributed by atoms with van der Waals surface area (Å²) in [5.41, 5.74) is 3.11. The number of nitrogens with one attached hydrogen (secondary N) is 1. The van der Waals surface area contributed by atoms with E-state index in [1.165, 1.54) is 0 Å². The summed E-state index contributed by atoms with van der Waals surface area (Å²) >= 11 is 0. The first kappa shape index (κ1) is 17.3. The zero-order valence-corrected chi connectivity index (χ0v) is 14.4. The monoisotopic (exact) mass is 344 g/mol. The summed E-state index contributed by atoms with van der Waals surface area (Å²) in [6.45, 7) is 1.01. The number of hydrogen-bond donors (Lipinski definition) is 3. The van der Waals surface area contributed by atoms with Crippen molar-refractivity contribution >= 4 is 6.03 Å². The second kappa shape index (κ2) is 7.57. The molecule has 0 bridgehead atoms. The number of carbonyl (C=O) groups is 1. The van der Waals surface area contributed by atoms with E-state index < -0.39 is 0 Å². The van der Waals surface area contributed by atoms with Gasteiger partial charge in [0, 0.05) is 24.8 Å². The maximum Gasteiger partial charge on any atom is 0.317 e. The Morgan fingerprint density at radius 2 is 2.16 bits per heavy atom. The Labute approximate surface area is 146 Å². The number of nitrogens with zero attached hydrogens (tertiary/aromatic N) is 3. The van der Waals surface area contributed by atoms with Crippen molar-refractivity contribution < 1.29 is 15.0 Å². The van der Waals surface area contributed by atoms with E-state index in [4.69, 9.17) is 5.11 Å². The lowest BCUT2D eigenvalue weighted by atomic mass is 9.93. The lowest BCUT2D eigenvalue weighted by Gasteiger charge is -2.27. The van der Waals surface area contributed by atoms with Crippen molar-refractivity contribution in [2.24, 2.45) is 0 Å². The lowest BCUT2D eigenvalue weighted by Crippen LogP contribution is -2.40. The van der Waals surface area contributed by atoms with Gasteiger partial charge >= 0.3 is 6.03 Å². The quantitative estimate of drug-likeness (QED) is 0.771. The van der Waals surface area contributed by atoms with Gasteiger partial charge in [-0.15, -0.1) is 0 Å².